The maximum atomic E-state index is 14.2. The Morgan fingerprint density at radius 2 is 2.15 bits per heavy atom. The van der Waals surface area contributed by atoms with Gasteiger partial charge in [0, 0.05) is 24.7 Å². The molecule has 0 spiro atoms. The predicted octanol–water partition coefficient (Wildman–Crippen LogP) is 1.52. The SMILES string of the molecule is C#Cc1cc(CNC(=O)/C=C/C2=CC=C(N)C2)cc(F)c1NS(C)(=O)=O. The van der Waals surface area contributed by atoms with E-state index in [1.165, 1.54) is 12.1 Å². The van der Waals surface area contributed by atoms with Gasteiger partial charge in [-0.05, 0) is 29.3 Å². The number of sulfonamides is 1. The van der Waals surface area contributed by atoms with Crippen molar-refractivity contribution < 1.29 is 17.6 Å². The van der Waals surface area contributed by atoms with Gasteiger partial charge >= 0.3 is 0 Å². The third kappa shape index (κ3) is 5.50. The maximum Gasteiger partial charge on any atom is 0.244 e. The van der Waals surface area contributed by atoms with Gasteiger partial charge in [-0.15, -0.1) is 6.42 Å². The van der Waals surface area contributed by atoms with Crippen LogP contribution in [0.1, 0.15) is 17.5 Å². The van der Waals surface area contributed by atoms with Crippen LogP contribution in [0.5, 0.6) is 0 Å². The first kappa shape index (κ1) is 19.3. The highest BCUT2D eigenvalue weighted by molar-refractivity contribution is 7.92. The zero-order chi connectivity index (χ0) is 19.3. The van der Waals surface area contributed by atoms with Crippen molar-refractivity contribution in [2.45, 2.75) is 13.0 Å². The fourth-order valence-corrected chi connectivity index (χ4v) is 2.86. The lowest BCUT2D eigenvalue weighted by Crippen LogP contribution is -2.21. The molecule has 2 rings (SSSR count). The molecule has 1 aromatic rings. The lowest BCUT2D eigenvalue weighted by atomic mass is 10.1. The van der Waals surface area contributed by atoms with Crippen LogP contribution in [0.4, 0.5) is 10.1 Å². The van der Waals surface area contributed by atoms with Gasteiger partial charge in [-0.25, -0.2) is 12.8 Å². The van der Waals surface area contributed by atoms with Crippen molar-refractivity contribution in [2.75, 3.05) is 11.0 Å². The first-order chi connectivity index (χ1) is 12.2. The summed E-state index contributed by atoms with van der Waals surface area (Å²) in [7, 11) is -3.67. The number of rotatable bonds is 6. The Balaban J connectivity index is 2.04. The summed E-state index contributed by atoms with van der Waals surface area (Å²) in [6, 6.07) is 2.55. The van der Waals surface area contributed by atoms with E-state index in [1.54, 1.807) is 12.2 Å². The summed E-state index contributed by atoms with van der Waals surface area (Å²) in [6.45, 7) is 0.0351. The van der Waals surface area contributed by atoms with Crippen molar-refractivity contribution in [2.24, 2.45) is 5.73 Å². The number of hydrogen-bond acceptors (Lipinski definition) is 4. The van der Waals surface area contributed by atoms with Crippen LogP contribution in [-0.4, -0.2) is 20.6 Å². The number of allylic oxidation sites excluding steroid dienone is 4. The minimum Gasteiger partial charge on any atom is -0.402 e. The average molecular weight is 375 g/mol. The molecule has 0 saturated carbocycles. The number of halogens is 1. The van der Waals surface area contributed by atoms with E-state index in [0.29, 0.717) is 12.0 Å². The number of terminal acetylenes is 1. The molecule has 0 fully saturated rings. The van der Waals surface area contributed by atoms with Crippen molar-refractivity contribution in [3.63, 3.8) is 0 Å². The second-order valence-electron chi connectivity index (χ2n) is 5.73. The number of benzene rings is 1. The highest BCUT2D eigenvalue weighted by atomic mass is 32.2. The van der Waals surface area contributed by atoms with Gasteiger partial charge in [-0.2, -0.15) is 0 Å². The minimum atomic E-state index is -3.67. The van der Waals surface area contributed by atoms with Crippen molar-refractivity contribution in [1.29, 1.82) is 0 Å². The number of hydrogen-bond donors (Lipinski definition) is 3. The minimum absolute atomic E-state index is 0.0351. The summed E-state index contributed by atoms with van der Waals surface area (Å²) < 4.78 is 38.8. The molecule has 0 saturated heterocycles. The number of nitrogens with one attached hydrogen (secondary N) is 2. The summed E-state index contributed by atoms with van der Waals surface area (Å²) in [4.78, 5) is 11.8. The molecule has 136 valence electrons. The normalized spacial score (nSPS) is 13.9. The Kier molecular flexibility index (Phi) is 5.85. The van der Waals surface area contributed by atoms with Crippen LogP contribution in [0.2, 0.25) is 0 Å². The third-order valence-corrected chi connectivity index (χ3v) is 4.00. The molecule has 0 bridgehead atoms. The van der Waals surface area contributed by atoms with Gasteiger partial charge in [0.05, 0.1) is 17.5 Å². The summed E-state index contributed by atoms with van der Waals surface area (Å²) >= 11 is 0. The first-order valence-electron chi connectivity index (χ1n) is 7.56. The van der Waals surface area contributed by atoms with E-state index in [9.17, 15) is 17.6 Å². The van der Waals surface area contributed by atoms with Crippen LogP contribution in [-0.2, 0) is 21.4 Å². The molecule has 0 heterocycles. The Hall–Kier alpha value is -3.05. The Labute approximate surface area is 151 Å². The largest absolute Gasteiger partial charge is 0.402 e. The molecule has 0 atom stereocenters. The molecule has 26 heavy (non-hydrogen) atoms. The number of amides is 1. The highest BCUT2D eigenvalue weighted by Crippen LogP contribution is 2.22. The van der Waals surface area contributed by atoms with Crippen LogP contribution in [0.25, 0.3) is 0 Å². The van der Waals surface area contributed by atoms with E-state index in [1.807, 2.05) is 6.08 Å². The van der Waals surface area contributed by atoms with E-state index in [-0.39, 0.29) is 23.7 Å². The summed E-state index contributed by atoms with van der Waals surface area (Å²) in [5.74, 6) is 1.05. The quantitative estimate of drug-likeness (QED) is 0.518. The molecule has 0 aliphatic heterocycles. The Morgan fingerprint density at radius 3 is 2.73 bits per heavy atom. The van der Waals surface area contributed by atoms with Crippen LogP contribution < -0.4 is 15.8 Å². The molecular weight excluding hydrogens is 357 g/mol. The first-order valence-corrected chi connectivity index (χ1v) is 9.45. The number of carbonyl (C=O) groups excluding carboxylic acids is 1. The van der Waals surface area contributed by atoms with E-state index >= 15 is 0 Å². The van der Waals surface area contributed by atoms with Crippen molar-refractivity contribution >= 4 is 21.6 Å². The summed E-state index contributed by atoms with van der Waals surface area (Å²) in [5.41, 5.74) is 7.44. The molecule has 0 aromatic heterocycles. The molecule has 1 aliphatic rings. The van der Waals surface area contributed by atoms with Gasteiger partial charge < -0.3 is 11.1 Å². The topological polar surface area (TPSA) is 101 Å². The lowest BCUT2D eigenvalue weighted by Gasteiger charge is -2.11. The third-order valence-electron chi connectivity index (χ3n) is 3.43. The standard InChI is InChI=1S/C18H18FN3O3S/c1-3-14-8-13(10-16(19)18(14)22-26(2,24)25)11-21-17(23)7-5-12-4-6-15(20)9-12/h1,4-8,10,22H,9,11,20H2,2H3,(H,21,23)/b7-5+. The van der Waals surface area contributed by atoms with Gasteiger partial charge in [0.15, 0.2) is 0 Å². The monoisotopic (exact) mass is 375 g/mol. The molecule has 6 nitrogen and oxygen atoms in total. The molecule has 1 aliphatic carbocycles. The van der Waals surface area contributed by atoms with Crippen molar-refractivity contribution in [1.82, 2.24) is 5.32 Å². The molecule has 0 radical (unpaired) electrons. The molecule has 0 unspecified atom stereocenters. The van der Waals surface area contributed by atoms with Gasteiger partial charge in [0.2, 0.25) is 15.9 Å². The number of carbonyl (C=O) groups is 1. The zero-order valence-electron chi connectivity index (χ0n) is 14.0. The fourth-order valence-electron chi connectivity index (χ4n) is 2.28. The Morgan fingerprint density at radius 1 is 1.42 bits per heavy atom. The van der Waals surface area contributed by atoms with Crippen LogP contribution in [0.15, 0.2) is 47.7 Å². The van der Waals surface area contributed by atoms with E-state index in [2.05, 4.69) is 16.0 Å². The van der Waals surface area contributed by atoms with E-state index < -0.39 is 15.8 Å². The van der Waals surface area contributed by atoms with Crippen molar-refractivity contribution in [3.05, 3.63) is 64.7 Å². The van der Waals surface area contributed by atoms with Crippen LogP contribution in [0, 0.1) is 18.2 Å². The molecule has 8 heteroatoms. The highest BCUT2D eigenvalue weighted by Gasteiger charge is 2.14. The molecule has 1 aromatic carbocycles. The van der Waals surface area contributed by atoms with Gasteiger partial charge in [0.1, 0.15) is 5.82 Å². The second kappa shape index (κ2) is 7.89. The number of anilines is 1. The number of nitrogens with two attached hydrogens (primary N) is 1. The predicted molar refractivity (Wildman–Crippen MR) is 98.8 cm³/mol. The zero-order valence-corrected chi connectivity index (χ0v) is 14.9. The van der Waals surface area contributed by atoms with E-state index in [0.717, 1.165) is 23.6 Å². The smallest absolute Gasteiger partial charge is 0.244 e. The summed E-state index contributed by atoms with van der Waals surface area (Å²) in [6.07, 6.45) is 13.4. The van der Waals surface area contributed by atoms with E-state index in [4.69, 9.17) is 12.2 Å². The lowest BCUT2D eigenvalue weighted by molar-refractivity contribution is -0.116. The van der Waals surface area contributed by atoms with Crippen LogP contribution in [0.3, 0.4) is 0 Å². The van der Waals surface area contributed by atoms with Gasteiger partial charge in [-0.3, -0.25) is 9.52 Å². The summed E-state index contributed by atoms with van der Waals surface area (Å²) in [5, 5.41) is 2.61. The fraction of sp³-hybridized carbons (Fsp3) is 0.167. The maximum absolute atomic E-state index is 14.2. The van der Waals surface area contributed by atoms with Gasteiger partial charge in [-0.1, -0.05) is 18.1 Å². The van der Waals surface area contributed by atoms with Gasteiger partial charge in [0.25, 0.3) is 0 Å². The average Bonchev–Trinajstić information content (AvgIpc) is 2.97. The van der Waals surface area contributed by atoms with Crippen LogP contribution >= 0.6 is 0 Å². The Bertz CT molecular complexity index is 970. The molecule has 4 N–H and O–H groups in total. The second-order valence-corrected chi connectivity index (χ2v) is 7.48. The van der Waals surface area contributed by atoms with Crippen molar-refractivity contribution in [3.8, 4) is 12.3 Å². The molecule has 1 amide bonds. The molecular formula is C18H18FN3O3S.